The van der Waals surface area contributed by atoms with Gasteiger partial charge in [-0.1, -0.05) is 89.4 Å². The van der Waals surface area contributed by atoms with Crippen LogP contribution in [0.4, 0.5) is 0 Å². The Labute approximate surface area is 246 Å². The fourth-order valence-electron chi connectivity index (χ4n) is 2.90. The molecule has 0 radical (unpaired) electrons. The van der Waals surface area contributed by atoms with Crippen molar-refractivity contribution in [3.05, 3.63) is 105 Å². The van der Waals surface area contributed by atoms with Gasteiger partial charge in [0.1, 0.15) is 15.7 Å². The lowest BCUT2D eigenvalue weighted by Crippen LogP contribution is -2.18. The summed E-state index contributed by atoms with van der Waals surface area (Å²) < 4.78 is 15.8. The Kier molecular flexibility index (Phi) is 11.3. The largest absolute Gasteiger partial charge is 0.537 e. The van der Waals surface area contributed by atoms with E-state index >= 15 is 0 Å². The van der Waals surface area contributed by atoms with Crippen molar-refractivity contribution in [2.45, 2.75) is 15.7 Å². The van der Waals surface area contributed by atoms with E-state index in [1.807, 2.05) is 0 Å². The van der Waals surface area contributed by atoms with Crippen LogP contribution in [0, 0.1) is 0 Å². The fourth-order valence-corrected chi connectivity index (χ4v) is 5.81. The summed E-state index contributed by atoms with van der Waals surface area (Å²) >= 11 is 31.3. The number of hydrogen-bond donors (Lipinski definition) is 3. The van der Waals surface area contributed by atoms with Crippen molar-refractivity contribution in [2.24, 2.45) is 0 Å². The molecule has 0 aliphatic rings. The zero-order valence-electron chi connectivity index (χ0n) is 18.5. The van der Waals surface area contributed by atoms with Crippen LogP contribution in [0.3, 0.4) is 0 Å². The van der Waals surface area contributed by atoms with Gasteiger partial charge in [0, 0.05) is 15.1 Å². The number of carbonyl (C=O) groups excluding carboxylic acids is 3. The summed E-state index contributed by atoms with van der Waals surface area (Å²) in [6.45, 7) is 0. The second kappa shape index (κ2) is 14.0. The van der Waals surface area contributed by atoms with Gasteiger partial charge >= 0.3 is 26.5 Å². The molecule has 13 heteroatoms. The Morgan fingerprint density at radius 1 is 0.541 bits per heavy atom. The van der Waals surface area contributed by atoms with Crippen LogP contribution in [0.5, 0.6) is 0 Å². The van der Waals surface area contributed by atoms with E-state index in [0.717, 1.165) is 0 Å². The van der Waals surface area contributed by atoms with Crippen molar-refractivity contribution < 1.29 is 28.0 Å². The molecule has 0 spiro atoms. The molecule has 0 aromatic heterocycles. The molecule has 0 aliphatic heterocycles. The minimum Gasteiger partial charge on any atom is -0.374 e. The van der Waals surface area contributed by atoms with Crippen LogP contribution < -0.4 is 0 Å². The van der Waals surface area contributed by atoms with Gasteiger partial charge in [-0.15, -0.1) is 0 Å². The number of halogens is 3. The van der Waals surface area contributed by atoms with Gasteiger partial charge < -0.3 is 13.6 Å². The molecule has 3 aromatic carbocycles. The molecule has 0 fully saturated rings. The molecule has 3 unspecified atom stereocenters. The predicted molar refractivity (Wildman–Crippen MR) is 155 cm³/mol. The first-order valence-electron chi connectivity index (χ1n) is 10.3. The second-order valence-electron chi connectivity index (χ2n) is 7.23. The molecule has 37 heavy (non-hydrogen) atoms. The van der Waals surface area contributed by atoms with E-state index in [0.29, 0.717) is 16.7 Å². The summed E-state index contributed by atoms with van der Waals surface area (Å²) in [6.07, 6.45) is 0. The highest BCUT2D eigenvalue weighted by molar-refractivity contribution is 7.81. The summed E-state index contributed by atoms with van der Waals surface area (Å²) in [5.74, 6) is -2.90. The molecule has 0 bridgehead atoms. The van der Waals surface area contributed by atoms with Gasteiger partial charge in [0.25, 0.3) is 0 Å². The second-order valence-corrected chi connectivity index (χ2v) is 11.0. The monoisotopic (exact) mass is 634 g/mol. The zero-order valence-corrected chi connectivity index (χ0v) is 24.4. The van der Waals surface area contributed by atoms with Crippen molar-refractivity contribution >= 4 is 99.2 Å². The third kappa shape index (κ3) is 7.96. The van der Waals surface area contributed by atoms with Crippen LogP contribution in [0.1, 0.15) is 32.4 Å². The number of hydrogen-bond acceptors (Lipinski definition) is 9. The lowest BCUT2D eigenvalue weighted by molar-refractivity contribution is -0.141. The van der Waals surface area contributed by atoms with Gasteiger partial charge in [-0.2, -0.15) is 37.9 Å². The van der Waals surface area contributed by atoms with E-state index in [9.17, 15) is 14.4 Å². The van der Waals surface area contributed by atoms with E-state index in [1.165, 1.54) is 0 Å². The van der Waals surface area contributed by atoms with E-state index < -0.39 is 42.3 Å². The minimum atomic E-state index is -2.90. The molecule has 0 amide bonds. The Morgan fingerprint density at radius 2 is 0.784 bits per heavy atom. The first kappa shape index (κ1) is 30.0. The Bertz CT molecular complexity index is 1140. The van der Waals surface area contributed by atoms with Crippen molar-refractivity contribution in [3.8, 4) is 0 Å². The highest BCUT2D eigenvalue weighted by Gasteiger charge is 2.35. The molecule has 194 valence electrons. The van der Waals surface area contributed by atoms with Gasteiger partial charge in [0.2, 0.25) is 0 Å². The van der Waals surface area contributed by atoms with Gasteiger partial charge in [-0.3, -0.25) is 14.4 Å². The molecule has 0 N–H and O–H groups in total. The Hall–Kier alpha value is -1.58. The molecule has 3 rings (SSSR count). The third-order valence-electron chi connectivity index (χ3n) is 4.76. The molecule has 3 aromatic rings. The van der Waals surface area contributed by atoms with Gasteiger partial charge in [-0.25, -0.2) is 0 Å². The number of rotatable bonds is 9. The molecule has 3 atom stereocenters. The van der Waals surface area contributed by atoms with Crippen molar-refractivity contribution in [2.75, 3.05) is 0 Å². The first-order chi connectivity index (χ1) is 17.6. The van der Waals surface area contributed by atoms with Crippen molar-refractivity contribution in [3.63, 3.8) is 0 Å². The average Bonchev–Trinajstić information content (AvgIpc) is 2.88. The van der Waals surface area contributed by atoms with Crippen LogP contribution >= 0.6 is 81.3 Å². The highest BCUT2D eigenvalue weighted by Crippen LogP contribution is 2.46. The summed E-state index contributed by atoms with van der Waals surface area (Å²) in [4.78, 5) is 38.6. The fraction of sp³-hybridized carbons (Fsp3) is 0.125. The quantitative estimate of drug-likeness (QED) is 0.164. The predicted octanol–water partition coefficient (Wildman–Crippen LogP) is 7.82. The molecular formula is C24H18Cl3O6PS3. The SMILES string of the molecule is O=C(OP(OC(=O)C(S)c1ccccc1Cl)OC(=O)C(S)c1ccccc1Cl)C(S)c1ccccc1Cl. The van der Waals surface area contributed by atoms with Crippen LogP contribution in [0.25, 0.3) is 0 Å². The maximum Gasteiger partial charge on any atom is 0.537 e. The normalized spacial score (nSPS) is 14.1. The molecule has 0 aliphatic carbocycles. The lowest BCUT2D eigenvalue weighted by atomic mass is 10.1. The lowest BCUT2D eigenvalue weighted by Gasteiger charge is -2.20. The van der Waals surface area contributed by atoms with E-state index in [1.54, 1.807) is 72.8 Å². The zero-order chi connectivity index (χ0) is 27.1. The number of benzene rings is 3. The molecule has 0 heterocycles. The van der Waals surface area contributed by atoms with Crippen LogP contribution in [0.2, 0.25) is 15.1 Å². The van der Waals surface area contributed by atoms with Crippen LogP contribution in [0.15, 0.2) is 72.8 Å². The standard InChI is InChI=1S/C24H18Cl3O6PS3/c25-16-10-4-1-7-13(16)19(35)22(28)31-34(32-23(29)20(36)14-8-2-5-11-17(14)26)33-24(30)21(37)15-9-3-6-12-18(15)27/h1-12,19-21,35-37H. The van der Waals surface area contributed by atoms with Crippen LogP contribution in [-0.2, 0) is 28.0 Å². The van der Waals surface area contributed by atoms with Crippen molar-refractivity contribution in [1.82, 2.24) is 0 Å². The summed E-state index contributed by atoms with van der Waals surface area (Å²) in [5, 5.41) is -2.70. The maximum absolute atomic E-state index is 12.9. The van der Waals surface area contributed by atoms with E-state index in [4.69, 9.17) is 48.4 Å². The Morgan fingerprint density at radius 3 is 1.03 bits per heavy atom. The maximum atomic E-state index is 12.9. The van der Waals surface area contributed by atoms with E-state index in [2.05, 4.69) is 37.9 Å². The Balaban J connectivity index is 1.82. The van der Waals surface area contributed by atoms with Crippen molar-refractivity contribution in [1.29, 1.82) is 0 Å². The van der Waals surface area contributed by atoms with E-state index in [-0.39, 0.29) is 15.1 Å². The highest BCUT2D eigenvalue weighted by atomic mass is 35.5. The molecule has 6 nitrogen and oxygen atoms in total. The van der Waals surface area contributed by atoms with Crippen LogP contribution in [-0.4, -0.2) is 17.9 Å². The molecule has 0 saturated carbocycles. The molecule has 0 saturated heterocycles. The summed E-state index contributed by atoms with van der Waals surface area (Å²) in [7, 11) is -2.90. The summed E-state index contributed by atoms with van der Waals surface area (Å²) in [6, 6.07) is 19.4. The number of carbonyl (C=O) groups is 3. The molecular weight excluding hydrogens is 618 g/mol. The minimum absolute atomic E-state index is 0.265. The smallest absolute Gasteiger partial charge is 0.374 e. The first-order valence-corrected chi connectivity index (χ1v) is 14.1. The topological polar surface area (TPSA) is 78.9 Å². The third-order valence-corrected chi connectivity index (χ3v) is 8.25. The number of thiol groups is 3. The average molecular weight is 636 g/mol. The van der Waals surface area contributed by atoms with Gasteiger partial charge in [-0.05, 0) is 34.9 Å². The van der Waals surface area contributed by atoms with Gasteiger partial charge in [0.05, 0.1) is 0 Å². The van der Waals surface area contributed by atoms with Gasteiger partial charge in [0.15, 0.2) is 0 Å². The summed E-state index contributed by atoms with van der Waals surface area (Å²) in [5.41, 5.74) is 1.03.